The van der Waals surface area contributed by atoms with Crippen molar-refractivity contribution in [3.8, 4) is 33.4 Å². The zero-order valence-corrected chi connectivity index (χ0v) is 29.9. The van der Waals surface area contributed by atoms with Crippen molar-refractivity contribution in [1.82, 2.24) is 0 Å². The highest BCUT2D eigenvalue weighted by atomic mass is 16.3. The minimum atomic E-state index is 0.917. The molecule has 0 N–H and O–H groups in total. The van der Waals surface area contributed by atoms with Crippen LogP contribution in [-0.4, -0.2) is 0 Å². The summed E-state index contributed by atoms with van der Waals surface area (Å²) in [6.07, 6.45) is 0. The maximum absolute atomic E-state index is 6.61. The van der Waals surface area contributed by atoms with Crippen LogP contribution in [-0.2, 0) is 0 Å². The summed E-state index contributed by atoms with van der Waals surface area (Å²) in [5, 5.41) is 17.2. The highest BCUT2D eigenvalue weighted by Crippen LogP contribution is 2.46. The quantitative estimate of drug-likeness (QED) is 0.168. The summed E-state index contributed by atoms with van der Waals surface area (Å²) in [4.78, 5) is 0. The highest BCUT2D eigenvalue weighted by Gasteiger charge is 2.19. The molecule has 0 aliphatic carbocycles. The average molecular weight is 697 g/mol. The summed E-state index contributed by atoms with van der Waals surface area (Å²) in [5.74, 6) is 0. The first-order valence-electron chi connectivity index (χ1n) is 19.0. The lowest BCUT2D eigenvalue weighted by molar-refractivity contribution is 0.670. The van der Waals surface area contributed by atoms with E-state index < -0.39 is 0 Å². The molecule has 12 rings (SSSR count). The van der Waals surface area contributed by atoms with Crippen LogP contribution in [0.15, 0.2) is 199 Å². The van der Waals surface area contributed by atoms with E-state index in [4.69, 9.17) is 4.42 Å². The molecule has 11 aromatic carbocycles. The van der Waals surface area contributed by atoms with Gasteiger partial charge in [0.05, 0.1) is 0 Å². The minimum absolute atomic E-state index is 0.917. The Labute approximate surface area is 317 Å². The summed E-state index contributed by atoms with van der Waals surface area (Å²) >= 11 is 0. The third-order valence-corrected chi connectivity index (χ3v) is 11.8. The summed E-state index contributed by atoms with van der Waals surface area (Å²) in [6, 6.07) is 71.1. The van der Waals surface area contributed by atoms with Crippen LogP contribution in [0, 0.1) is 0 Å². The second-order valence-corrected chi connectivity index (χ2v) is 14.8. The molecule has 0 unspecified atom stereocenters. The molecule has 0 bridgehead atoms. The standard InChI is InChI=1S/C54H32O/c1-2-14-35-31-50-49(30-34(35)13-1)54-43-18-6-5-17-41(43)48(32-51(54)55-50)38-26-24-37-29-39(27-25-36(37)28-38)52-44-19-7-9-21-46(44)53(47-22-10-8-20-45(47)52)42-23-11-15-33-12-3-4-16-40(33)42/h1-32H. The van der Waals surface area contributed by atoms with Gasteiger partial charge in [-0.2, -0.15) is 0 Å². The first-order chi connectivity index (χ1) is 27.3. The van der Waals surface area contributed by atoms with Crippen LogP contribution in [0.3, 0.4) is 0 Å². The Morgan fingerprint density at radius 2 is 0.764 bits per heavy atom. The van der Waals surface area contributed by atoms with Crippen LogP contribution in [0.5, 0.6) is 0 Å². The molecule has 1 heterocycles. The number of furan rings is 1. The third kappa shape index (κ3) is 4.54. The molecule has 1 heteroatoms. The molecule has 55 heavy (non-hydrogen) atoms. The van der Waals surface area contributed by atoms with Gasteiger partial charge in [-0.15, -0.1) is 0 Å². The van der Waals surface area contributed by atoms with Gasteiger partial charge in [0, 0.05) is 10.8 Å². The maximum atomic E-state index is 6.61. The fraction of sp³-hybridized carbons (Fsp3) is 0. The normalized spacial score (nSPS) is 12.0. The maximum Gasteiger partial charge on any atom is 0.136 e. The Morgan fingerprint density at radius 1 is 0.255 bits per heavy atom. The first kappa shape index (κ1) is 30.3. The van der Waals surface area contributed by atoms with Crippen molar-refractivity contribution in [2.75, 3.05) is 0 Å². The van der Waals surface area contributed by atoms with Crippen LogP contribution >= 0.6 is 0 Å². The van der Waals surface area contributed by atoms with Crippen molar-refractivity contribution in [2.24, 2.45) is 0 Å². The monoisotopic (exact) mass is 696 g/mol. The molecule has 0 saturated carbocycles. The third-order valence-electron chi connectivity index (χ3n) is 11.8. The van der Waals surface area contributed by atoms with Gasteiger partial charge in [0.1, 0.15) is 11.2 Å². The molecule has 0 fully saturated rings. The lowest BCUT2D eigenvalue weighted by Gasteiger charge is -2.19. The zero-order valence-electron chi connectivity index (χ0n) is 29.9. The number of benzene rings is 11. The van der Waals surface area contributed by atoms with Crippen molar-refractivity contribution in [3.63, 3.8) is 0 Å². The molecule has 1 nitrogen and oxygen atoms in total. The molecule has 0 radical (unpaired) electrons. The highest BCUT2D eigenvalue weighted by molar-refractivity contribution is 6.25. The van der Waals surface area contributed by atoms with Crippen molar-refractivity contribution in [1.29, 1.82) is 0 Å². The SMILES string of the molecule is c1ccc2cc3c(cc2c1)oc1cc(-c2ccc4cc(-c5c6ccccc6c(-c6cccc7ccccc67)c6ccccc56)ccc4c2)c2ccccc2c13. The van der Waals surface area contributed by atoms with Gasteiger partial charge in [-0.3, -0.25) is 0 Å². The Balaban J connectivity index is 1.04. The van der Waals surface area contributed by atoms with E-state index in [-0.39, 0.29) is 0 Å². The molecule has 0 atom stereocenters. The minimum Gasteiger partial charge on any atom is -0.456 e. The van der Waals surface area contributed by atoms with Crippen LogP contribution < -0.4 is 0 Å². The second kappa shape index (κ2) is 11.6. The molecule has 0 aliphatic rings. The van der Waals surface area contributed by atoms with Crippen molar-refractivity contribution in [2.45, 2.75) is 0 Å². The Bertz CT molecular complexity index is 3490. The Morgan fingerprint density at radius 3 is 1.47 bits per heavy atom. The molecular weight excluding hydrogens is 665 g/mol. The fourth-order valence-electron chi connectivity index (χ4n) is 9.31. The van der Waals surface area contributed by atoms with Gasteiger partial charge in [0.15, 0.2) is 0 Å². The number of rotatable bonds is 3. The topological polar surface area (TPSA) is 13.1 Å². The van der Waals surface area contributed by atoms with E-state index >= 15 is 0 Å². The van der Waals surface area contributed by atoms with Gasteiger partial charge < -0.3 is 4.42 Å². The van der Waals surface area contributed by atoms with E-state index in [2.05, 4.69) is 194 Å². The number of hydrogen-bond acceptors (Lipinski definition) is 1. The lowest BCUT2D eigenvalue weighted by Crippen LogP contribution is -1.91. The lowest BCUT2D eigenvalue weighted by atomic mass is 9.84. The van der Waals surface area contributed by atoms with Crippen LogP contribution in [0.2, 0.25) is 0 Å². The summed E-state index contributed by atoms with van der Waals surface area (Å²) < 4.78 is 6.61. The van der Waals surface area contributed by atoms with Crippen molar-refractivity contribution in [3.05, 3.63) is 194 Å². The van der Waals surface area contributed by atoms with Gasteiger partial charge in [0.2, 0.25) is 0 Å². The molecule has 0 amide bonds. The summed E-state index contributed by atoms with van der Waals surface area (Å²) in [7, 11) is 0. The van der Waals surface area contributed by atoms with Crippen molar-refractivity contribution < 1.29 is 4.42 Å². The zero-order chi connectivity index (χ0) is 36.0. The molecule has 1 aromatic heterocycles. The van der Waals surface area contributed by atoms with Gasteiger partial charge in [0.25, 0.3) is 0 Å². The number of hydrogen-bond donors (Lipinski definition) is 0. The van der Waals surface area contributed by atoms with Crippen molar-refractivity contribution >= 4 is 86.6 Å². The van der Waals surface area contributed by atoms with E-state index in [0.29, 0.717) is 0 Å². The smallest absolute Gasteiger partial charge is 0.136 e. The molecule has 254 valence electrons. The van der Waals surface area contributed by atoms with E-state index in [1.807, 2.05) is 0 Å². The predicted octanol–water partition coefficient (Wildman–Crippen LogP) is 15.5. The van der Waals surface area contributed by atoms with Crippen LogP contribution in [0.25, 0.3) is 120 Å². The van der Waals surface area contributed by atoms with Gasteiger partial charge in [-0.1, -0.05) is 164 Å². The molecule has 12 aromatic rings. The summed E-state index contributed by atoms with van der Waals surface area (Å²) in [5.41, 5.74) is 9.25. The molecule has 0 saturated heterocycles. The predicted molar refractivity (Wildman–Crippen MR) is 235 cm³/mol. The van der Waals surface area contributed by atoms with E-state index in [1.165, 1.54) is 103 Å². The largest absolute Gasteiger partial charge is 0.456 e. The number of fused-ring (bicyclic) bond motifs is 10. The van der Waals surface area contributed by atoms with E-state index in [9.17, 15) is 0 Å². The van der Waals surface area contributed by atoms with Crippen LogP contribution in [0.1, 0.15) is 0 Å². The fourth-order valence-corrected chi connectivity index (χ4v) is 9.31. The van der Waals surface area contributed by atoms with Crippen LogP contribution in [0.4, 0.5) is 0 Å². The molecule has 0 aliphatic heterocycles. The first-order valence-corrected chi connectivity index (χ1v) is 19.0. The van der Waals surface area contributed by atoms with Gasteiger partial charge >= 0.3 is 0 Å². The molecular formula is C54H32O. The Kier molecular flexibility index (Phi) is 6.40. The summed E-state index contributed by atoms with van der Waals surface area (Å²) in [6.45, 7) is 0. The average Bonchev–Trinajstić information content (AvgIpc) is 3.61. The van der Waals surface area contributed by atoms with Gasteiger partial charge in [-0.25, -0.2) is 0 Å². The van der Waals surface area contributed by atoms with E-state index in [1.54, 1.807) is 0 Å². The van der Waals surface area contributed by atoms with E-state index in [0.717, 1.165) is 16.6 Å². The second-order valence-electron chi connectivity index (χ2n) is 14.8. The van der Waals surface area contributed by atoms with Gasteiger partial charge in [-0.05, 0) is 128 Å². The Hall–Kier alpha value is -7.22. The molecule has 0 spiro atoms.